The van der Waals surface area contributed by atoms with Crippen molar-refractivity contribution in [3.05, 3.63) is 112 Å². The molecule has 1 heterocycles. The molecule has 1 amide bonds. The van der Waals surface area contributed by atoms with E-state index in [2.05, 4.69) is 0 Å². The molecule has 0 fully saturated rings. The number of methoxy groups -OCH3 is 2. The van der Waals surface area contributed by atoms with Crippen LogP contribution in [0.1, 0.15) is 23.6 Å². The summed E-state index contributed by atoms with van der Waals surface area (Å²) in [6.07, 6.45) is 1.69. The van der Waals surface area contributed by atoms with Crippen LogP contribution in [-0.4, -0.2) is 31.0 Å². The van der Waals surface area contributed by atoms with Crippen molar-refractivity contribution < 1.29 is 23.8 Å². The van der Waals surface area contributed by atoms with E-state index in [1.807, 2.05) is 66.7 Å². The largest absolute Gasteiger partial charge is 0.493 e. The number of carbonyl (C=O) groups excluding carboxylic acids is 2. The number of nitrogens with zero attached hydrogens (tertiary/aromatic N) is 1. The highest BCUT2D eigenvalue weighted by Crippen LogP contribution is 2.35. The van der Waals surface area contributed by atoms with Gasteiger partial charge >= 0.3 is 5.97 Å². The molecule has 3 aromatic carbocycles. The number of amides is 1. The smallest absolute Gasteiger partial charge is 0.340 e. The summed E-state index contributed by atoms with van der Waals surface area (Å²) < 4.78 is 16.5. The lowest BCUT2D eigenvalue weighted by molar-refractivity contribution is -0.136. The Bertz CT molecular complexity index is 1280. The Labute approximate surface area is 205 Å². The molecule has 1 aliphatic heterocycles. The zero-order valence-corrected chi connectivity index (χ0v) is 20.0. The first-order chi connectivity index (χ1) is 17.0. The fourth-order valence-corrected chi connectivity index (χ4v) is 3.98. The van der Waals surface area contributed by atoms with Gasteiger partial charge < -0.3 is 19.1 Å². The summed E-state index contributed by atoms with van der Waals surface area (Å²) in [6, 6.07) is 24.9. The van der Waals surface area contributed by atoms with Crippen LogP contribution < -0.4 is 9.47 Å². The van der Waals surface area contributed by atoms with Crippen LogP contribution in [0.2, 0.25) is 0 Å². The van der Waals surface area contributed by atoms with E-state index in [4.69, 9.17) is 14.2 Å². The van der Waals surface area contributed by atoms with E-state index in [-0.39, 0.29) is 17.1 Å². The highest BCUT2D eigenvalue weighted by Gasteiger charge is 2.37. The second-order valence-corrected chi connectivity index (χ2v) is 8.07. The monoisotopic (exact) mass is 469 g/mol. The lowest BCUT2D eigenvalue weighted by atomic mass is 10.0. The lowest BCUT2D eigenvalue weighted by Crippen LogP contribution is -2.24. The molecule has 0 bridgehead atoms. The molecule has 0 aromatic heterocycles. The average molecular weight is 470 g/mol. The second kappa shape index (κ2) is 10.7. The number of carbonyl (C=O) groups is 2. The summed E-state index contributed by atoms with van der Waals surface area (Å²) in [6.45, 7) is 2.52. The summed E-state index contributed by atoms with van der Waals surface area (Å²) in [7, 11) is 2.88. The molecule has 0 saturated heterocycles. The van der Waals surface area contributed by atoms with E-state index < -0.39 is 5.97 Å². The first kappa shape index (κ1) is 23.8. The van der Waals surface area contributed by atoms with Gasteiger partial charge in [0.05, 0.1) is 31.9 Å². The topological polar surface area (TPSA) is 65.1 Å². The number of ether oxygens (including phenoxy) is 3. The zero-order valence-electron chi connectivity index (χ0n) is 20.0. The number of rotatable bonds is 8. The van der Waals surface area contributed by atoms with Gasteiger partial charge in [-0.1, -0.05) is 66.7 Å². The van der Waals surface area contributed by atoms with Crippen molar-refractivity contribution in [3.63, 3.8) is 0 Å². The van der Waals surface area contributed by atoms with Gasteiger partial charge in [-0.05, 0) is 41.8 Å². The molecule has 0 spiro atoms. The summed E-state index contributed by atoms with van der Waals surface area (Å²) >= 11 is 0. The summed E-state index contributed by atoms with van der Waals surface area (Å²) in [5, 5.41) is 0. The van der Waals surface area contributed by atoms with Crippen LogP contribution in [0.5, 0.6) is 11.5 Å². The number of hydrogen-bond donors (Lipinski definition) is 0. The first-order valence-electron chi connectivity index (χ1n) is 11.2. The highest BCUT2D eigenvalue weighted by atomic mass is 16.5. The SMILES string of the molecule is COC(=O)C1=C(C)N(Cc2ccccc2)C(=O)/C1=C\c1ccc(OCc2ccccc2)c(OC)c1. The molecule has 6 heteroatoms. The highest BCUT2D eigenvalue weighted by molar-refractivity contribution is 6.16. The molecule has 0 aliphatic carbocycles. The van der Waals surface area contributed by atoms with Gasteiger partial charge in [-0.15, -0.1) is 0 Å². The lowest BCUT2D eigenvalue weighted by Gasteiger charge is -2.17. The molecule has 0 N–H and O–H groups in total. The maximum atomic E-state index is 13.4. The van der Waals surface area contributed by atoms with E-state index in [9.17, 15) is 9.59 Å². The minimum absolute atomic E-state index is 0.255. The van der Waals surface area contributed by atoms with E-state index in [0.717, 1.165) is 11.1 Å². The standard InChI is InChI=1S/C29H27NO5/c1-20-27(29(32)34-3)24(28(31)30(20)18-21-10-6-4-7-11-21)16-23-14-15-25(26(17-23)33-2)35-19-22-12-8-5-9-13-22/h4-17H,18-19H2,1-3H3/b24-16-. The van der Waals surface area contributed by atoms with Crippen molar-refractivity contribution in [2.45, 2.75) is 20.1 Å². The molecule has 3 aromatic rings. The van der Waals surface area contributed by atoms with Gasteiger partial charge in [0, 0.05) is 5.70 Å². The Morgan fingerprint density at radius 3 is 2.17 bits per heavy atom. The minimum atomic E-state index is -0.549. The molecule has 1 aliphatic rings. The van der Waals surface area contributed by atoms with Gasteiger partial charge in [-0.2, -0.15) is 0 Å². The van der Waals surface area contributed by atoms with E-state index in [1.165, 1.54) is 7.11 Å². The Morgan fingerprint density at radius 1 is 0.886 bits per heavy atom. The van der Waals surface area contributed by atoms with Crippen molar-refractivity contribution in [2.24, 2.45) is 0 Å². The second-order valence-electron chi connectivity index (χ2n) is 8.07. The molecule has 178 valence electrons. The maximum Gasteiger partial charge on any atom is 0.340 e. The van der Waals surface area contributed by atoms with Crippen molar-refractivity contribution >= 4 is 18.0 Å². The molecular weight excluding hydrogens is 442 g/mol. The zero-order chi connectivity index (χ0) is 24.8. The number of esters is 1. The van der Waals surface area contributed by atoms with Crippen molar-refractivity contribution in [2.75, 3.05) is 14.2 Å². The molecule has 6 nitrogen and oxygen atoms in total. The fraction of sp³-hybridized carbons (Fsp3) is 0.172. The van der Waals surface area contributed by atoms with Crippen LogP contribution in [0, 0.1) is 0 Å². The first-order valence-corrected chi connectivity index (χ1v) is 11.2. The third-order valence-corrected chi connectivity index (χ3v) is 5.82. The number of hydrogen-bond acceptors (Lipinski definition) is 5. The number of benzene rings is 3. The van der Waals surface area contributed by atoms with E-state index >= 15 is 0 Å². The van der Waals surface area contributed by atoms with E-state index in [0.29, 0.717) is 35.9 Å². The third kappa shape index (κ3) is 5.27. The van der Waals surface area contributed by atoms with Crippen LogP contribution in [0.15, 0.2) is 95.7 Å². The maximum absolute atomic E-state index is 13.4. The molecule has 4 rings (SSSR count). The van der Waals surface area contributed by atoms with Crippen LogP contribution in [0.25, 0.3) is 6.08 Å². The predicted octanol–water partition coefficient (Wildman–Crippen LogP) is 5.15. The molecule has 35 heavy (non-hydrogen) atoms. The van der Waals surface area contributed by atoms with Gasteiger partial charge in [0.25, 0.3) is 5.91 Å². The average Bonchev–Trinajstić information content (AvgIpc) is 3.12. The molecule has 0 saturated carbocycles. The van der Waals surface area contributed by atoms with Gasteiger partial charge in [0.2, 0.25) is 0 Å². The molecule has 0 unspecified atom stereocenters. The van der Waals surface area contributed by atoms with Gasteiger partial charge in [0.1, 0.15) is 6.61 Å². The van der Waals surface area contributed by atoms with Crippen molar-refractivity contribution in [3.8, 4) is 11.5 Å². The normalized spacial score (nSPS) is 14.4. The summed E-state index contributed by atoms with van der Waals surface area (Å²) in [4.78, 5) is 27.6. The fourth-order valence-electron chi connectivity index (χ4n) is 3.98. The molecule has 0 atom stereocenters. The van der Waals surface area contributed by atoms with Gasteiger partial charge in [-0.25, -0.2) is 4.79 Å². The minimum Gasteiger partial charge on any atom is -0.493 e. The Balaban J connectivity index is 1.63. The quantitative estimate of drug-likeness (QED) is 0.337. The third-order valence-electron chi connectivity index (χ3n) is 5.82. The van der Waals surface area contributed by atoms with E-state index in [1.54, 1.807) is 37.1 Å². The van der Waals surface area contributed by atoms with Gasteiger partial charge in [0.15, 0.2) is 11.5 Å². The van der Waals surface area contributed by atoms with Crippen LogP contribution in [0.4, 0.5) is 0 Å². The summed E-state index contributed by atoms with van der Waals surface area (Å²) in [5.74, 6) is 0.312. The Morgan fingerprint density at radius 2 is 1.54 bits per heavy atom. The predicted molar refractivity (Wildman–Crippen MR) is 133 cm³/mol. The summed E-state index contributed by atoms with van der Waals surface area (Å²) in [5.41, 5.74) is 3.81. The van der Waals surface area contributed by atoms with Crippen LogP contribution in [0.3, 0.4) is 0 Å². The number of allylic oxidation sites excluding steroid dienone is 1. The van der Waals surface area contributed by atoms with Crippen molar-refractivity contribution in [1.82, 2.24) is 4.90 Å². The van der Waals surface area contributed by atoms with Gasteiger partial charge in [-0.3, -0.25) is 4.79 Å². The van der Waals surface area contributed by atoms with Crippen molar-refractivity contribution in [1.29, 1.82) is 0 Å². The molecule has 0 radical (unpaired) electrons. The Hall–Kier alpha value is -4.32. The van der Waals surface area contributed by atoms with Crippen LogP contribution >= 0.6 is 0 Å². The van der Waals surface area contributed by atoms with Crippen LogP contribution in [-0.2, 0) is 27.5 Å². The Kier molecular flexibility index (Phi) is 7.31. The molecular formula is C29H27NO5.